The monoisotopic (exact) mass is 260 g/mol. The maximum Gasteiger partial charge on any atom is 0.154 e. The van der Waals surface area contributed by atoms with Crippen LogP contribution in [-0.4, -0.2) is 21.1 Å². The highest BCUT2D eigenvalue weighted by Gasteiger charge is 2.03. The minimum atomic E-state index is 0.307. The van der Waals surface area contributed by atoms with Gasteiger partial charge in [-0.3, -0.25) is 4.72 Å². The molecule has 0 fully saturated rings. The van der Waals surface area contributed by atoms with Crippen LogP contribution in [0.2, 0.25) is 0 Å². The van der Waals surface area contributed by atoms with Crippen LogP contribution in [0.5, 0.6) is 0 Å². The first kappa shape index (κ1) is 12.9. The predicted octanol–water partition coefficient (Wildman–Crippen LogP) is 1.93. The third-order valence-electron chi connectivity index (χ3n) is 2.66. The van der Waals surface area contributed by atoms with Gasteiger partial charge in [-0.05, 0) is 24.5 Å². The first-order valence-electron chi connectivity index (χ1n) is 6.02. The standard InChI is InChI=1S/C13H16N4S/c1-2-4-11(9-16-18)6-7-12-10-14-13-5-3-8-15-17(12)13/h3,5,8,10-11,16,18H,2,4,9H2,1H3. The number of aromatic nitrogens is 3. The highest BCUT2D eigenvalue weighted by atomic mass is 32.1. The Kier molecular flexibility index (Phi) is 4.62. The number of thiol groups is 1. The summed E-state index contributed by atoms with van der Waals surface area (Å²) in [6.45, 7) is 2.94. The summed E-state index contributed by atoms with van der Waals surface area (Å²) in [5.41, 5.74) is 1.65. The summed E-state index contributed by atoms with van der Waals surface area (Å²) < 4.78 is 4.63. The van der Waals surface area contributed by atoms with Crippen molar-refractivity contribution < 1.29 is 0 Å². The molecule has 94 valence electrons. The van der Waals surface area contributed by atoms with Gasteiger partial charge in [0.15, 0.2) is 5.65 Å². The second-order valence-corrected chi connectivity index (χ2v) is 4.37. The zero-order chi connectivity index (χ0) is 12.8. The Morgan fingerprint density at radius 2 is 2.44 bits per heavy atom. The van der Waals surface area contributed by atoms with Gasteiger partial charge in [0.1, 0.15) is 5.69 Å². The van der Waals surface area contributed by atoms with Crippen LogP contribution in [0.4, 0.5) is 0 Å². The van der Waals surface area contributed by atoms with E-state index in [4.69, 9.17) is 0 Å². The molecule has 0 aromatic carbocycles. The van der Waals surface area contributed by atoms with Crippen molar-refractivity contribution in [3.05, 3.63) is 30.2 Å². The molecule has 5 heteroatoms. The van der Waals surface area contributed by atoms with Crippen molar-refractivity contribution >= 4 is 18.5 Å². The highest BCUT2D eigenvalue weighted by Crippen LogP contribution is 2.06. The van der Waals surface area contributed by atoms with Gasteiger partial charge in [-0.15, -0.1) is 0 Å². The lowest BCUT2D eigenvalue weighted by molar-refractivity contribution is 0.594. The third kappa shape index (κ3) is 3.03. The van der Waals surface area contributed by atoms with Crippen molar-refractivity contribution in [1.29, 1.82) is 0 Å². The van der Waals surface area contributed by atoms with Gasteiger partial charge in [0.2, 0.25) is 0 Å². The minimum Gasteiger partial charge on any atom is -0.266 e. The number of imidazole rings is 1. The van der Waals surface area contributed by atoms with E-state index in [2.05, 4.69) is 46.4 Å². The molecular formula is C13H16N4S. The van der Waals surface area contributed by atoms with Gasteiger partial charge in [-0.2, -0.15) is 5.10 Å². The lowest BCUT2D eigenvalue weighted by Crippen LogP contribution is -2.13. The summed E-state index contributed by atoms with van der Waals surface area (Å²) in [6, 6.07) is 3.78. The minimum absolute atomic E-state index is 0.307. The summed E-state index contributed by atoms with van der Waals surface area (Å²) in [7, 11) is 0. The van der Waals surface area contributed by atoms with E-state index in [-0.39, 0.29) is 0 Å². The van der Waals surface area contributed by atoms with Gasteiger partial charge in [-0.25, -0.2) is 9.50 Å². The number of nitrogens with zero attached hydrogens (tertiary/aromatic N) is 3. The normalized spacial score (nSPS) is 12.1. The van der Waals surface area contributed by atoms with E-state index in [1.54, 1.807) is 16.9 Å². The van der Waals surface area contributed by atoms with Crippen LogP contribution < -0.4 is 4.72 Å². The van der Waals surface area contributed by atoms with Crippen LogP contribution in [0.1, 0.15) is 25.5 Å². The van der Waals surface area contributed by atoms with E-state index in [0.717, 1.165) is 30.7 Å². The van der Waals surface area contributed by atoms with Gasteiger partial charge in [0, 0.05) is 18.7 Å². The molecule has 1 atom stereocenters. The van der Waals surface area contributed by atoms with Crippen molar-refractivity contribution in [1.82, 2.24) is 19.3 Å². The van der Waals surface area contributed by atoms with Crippen LogP contribution in [0.15, 0.2) is 24.5 Å². The van der Waals surface area contributed by atoms with Crippen LogP contribution in [0, 0.1) is 17.8 Å². The molecule has 0 bridgehead atoms. The number of hydrogen-bond acceptors (Lipinski definition) is 4. The van der Waals surface area contributed by atoms with Gasteiger partial charge in [-0.1, -0.05) is 32.1 Å². The average molecular weight is 260 g/mol. The van der Waals surface area contributed by atoms with E-state index in [9.17, 15) is 0 Å². The molecule has 0 amide bonds. The topological polar surface area (TPSA) is 42.2 Å². The summed E-state index contributed by atoms with van der Waals surface area (Å²) >= 11 is 4.03. The predicted molar refractivity (Wildman–Crippen MR) is 75.3 cm³/mol. The summed E-state index contributed by atoms with van der Waals surface area (Å²) in [6.07, 6.45) is 5.66. The molecule has 1 unspecified atom stereocenters. The van der Waals surface area contributed by atoms with E-state index in [1.165, 1.54) is 0 Å². The molecule has 0 saturated carbocycles. The van der Waals surface area contributed by atoms with E-state index in [1.807, 2.05) is 12.1 Å². The van der Waals surface area contributed by atoms with Crippen LogP contribution in [-0.2, 0) is 0 Å². The Labute approximate surface area is 112 Å². The molecule has 0 aliphatic carbocycles. The van der Waals surface area contributed by atoms with Crippen LogP contribution >= 0.6 is 12.8 Å². The van der Waals surface area contributed by atoms with E-state index >= 15 is 0 Å². The fourth-order valence-corrected chi connectivity index (χ4v) is 1.99. The maximum atomic E-state index is 4.26. The molecule has 1 N–H and O–H groups in total. The van der Waals surface area contributed by atoms with Gasteiger partial charge >= 0.3 is 0 Å². The molecule has 0 spiro atoms. The summed E-state index contributed by atoms with van der Waals surface area (Å²) in [5.74, 6) is 6.71. The Morgan fingerprint density at radius 1 is 1.56 bits per heavy atom. The maximum absolute atomic E-state index is 4.26. The molecule has 18 heavy (non-hydrogen) atoms. The summed E-state index contributed by atoms with van der Waals surface area (Å²) in [5, 5.41) is 4.23. The number of nitrogens with one attached hydrogen (secondary N) is 1. The third-order valence-corrected chi connectivity index (χ3v) is 2.84. The smallest absolute Gasteiger partial charge is 0.154 e. The quantitative estimate of drug-likeness (QED) is 0.652. The van der Waals surface area contributed by atoms with Crippen molar-refractivity contribution in [2.24, 2.45) is 5.92 Å². The molecule has 0 aliphatic rings. The number of fused-ring (bicyclic) bond motifs is 1. The Bertz CT molecular complexity index is 561. The molecule has 4 nitrogen and oxygen atoms in total. The Balaban J connectivity index is 2.22. The van der Waals surface area contributed by atoms with Crippen molar-refractivity contribution in [3.8, 4) is 11.8 Å². The fraction of sp³-hybridized carbons (Fsp3) is 0.385. The Morgan fingerprint density at radius 3 is 3.22 bits per heavy atom. The lowest BCUT2D eigenvalue weighted by atomic mass is 10.1. The SMILES string of the molecule is CCCC(C#Cc1cnc2cccnn12)CNS. The van der Waals surface area contributed by atoms with Crippen LogP contribution in [0.25, 0.3) is 5.65 Å². The van der Waals surface area contributed by atoms with Crippen molar-refractivity contribution in [2.75, 3.05) is 6.54 Å². The molecule has 0 saturated heterocycles. The zero-order valence-electron chi connectivity index (χ0n) is 10.3. The molecule has 2 aromatic rings. The van der Waals surface area contributed by atoms with Crippen LogP contribution in [0.3, 0.4) is 0 Å². The highest BCUT2D eigenvalue weighted by molar-refractivity contribution is 7.78. The zero-order valence-corrected chi connectivity index (χ0v) is 11.2. The van der Waals surface area contributed by atoms with Gasteiger partial charge < -0.3 is 0 Å². The first-order valence-corrected chi connectivity index (χ1v) is 6.47. The Hall–Kier alpha value is -1.51. The van der Waals surface area contributed by atoms with E-state index < -0.39 is 0 Å². The lowest BCUT2D eigenvalue weighted by Gasteiger charge is -2.06. The molecule has 2 rings (SSSR count). The van der Waals surface area contributed by atoms with Gasteiger partial charge in [0.05, 0.1) is 6.20 Å². The molecule has 0 aliphatic heterocycles. The van der Waals surface area contributed by atoms with E-state index in [0.29, 0.717) is 5.92 Å². The first-order chi connectivity index (χ1) is 8.85. The molecular weight excluding hydrogens is 244 g/mol. The summed E-state index contributed by atoms with van der Waals surface area (Å²) in [4.78, 5) is 4.26. The largest absolute Gasteiger partial charge is 0.266 e. The molecule has 2 heterocycles. The van der Waals surface area contributed by atoms with Crippen molar-refractivity contribution in [2.45, 2.75) is 19.8 Å². The molecule has 2 aromatic heterocycles. The average Bonchev–Trinajstić information content (AvgIpc) is 2.80. The number of hydrogen-bond donors (Lipinski definition) is 2. The van der Waals surface area contributed by atoms with Gasteiger partial charge in [0.25, 0.3) is 0 Å². The fourth-order valence-electron chi connectivity index (χ4n) is 1.77. The molecule has 0 radical (unpaired) electrons. The number of rotatable bonds is 4. The second kappa shape index (κ2) is 6.43. The second-order valence-electron chi connectivity index (χ2n) is 4.05. The van der Waals surface area contributed by atoms with Crippen molar-refractivity contribution in [3.63, 3.8) is 0 Å².